The van der Waals surface area contributed by atoms with E-state index in [0.717, 1.165) is 12.8 Å². The molecule has 2 heteroatoms. The molecule has 17 heavy (non-hydrogen) atoms. The van der Waals surface area contributed by atoms with Gasteiger partial charge in [0.2, 0.25) is 0 Å². The van der Waals surface area contributed by atoms with Gasteiger partial charge in [0.05, 0.1) is 13.0 Å². The van der Waals surface area contributed by atoms with Gasteiger partial charge in [0, 0.05) is 0 Å². The fourth-order valence-electron chi connectivity index (χ4n) is 2.40. The number of unbranched alkanes of at least 4 members (excludes halogenated alkanes) is 4. The Bertz CT molecular complexity index is 195. The van der Waals surface area contributed by atoms with Gasteiger partial charge in [-0.05, 0) is 25.2 Å². The second kappa shape index (κ2) is 9.49. The molecule has 1 aliphatic rings. The van der Waals surface area contributed by atoms with Gasteiger partial charge >= 0.3 is 5.97 Å². The molecule has 0 bridgehead atoms. The molecule has 1 aliphatic carbocycles. The summed E-state index contributed by atoms with van der Waals surface area (Å²) in [5, 5.41) is 0. The SMILES string of the molecule is CCCCCC[CH]C(=O)OCC1CCCCC1. The molecule has 1 saturated carbocycles. The van der Waals surface area contributed by atoms with E-state index in [1.165, 1.54) is 51.4 Å². The van der Waals surface area contributed by atoms with E-state index >= 15 is 0 Å². The molecular formula is C15H27O2. The fraction of sp³-hybridized carbons (Fsp3) is 0.867. The molecule has 0 N–H and O–H groups in total. The van der Waals surface area contributed by atoms with Crippen LogP contribution in [-0.2, 0) is 9.53 Å². The van der Waals surface area contributed by atoms with Crippen LogP contribution < -0.4 is 0 Å². The van der Waals surface area contributed by atoms with E-state index in [1.807, 2.05) is 0 Å². The number of hydrogen-bond acceptors (Lipinski definition) is 2. The summed E-state index contributed by atoms with van der Waals surface area (Å²) in [6.45, 7) is 2.84. The maximum absolute atomic E-state index is 11.4. The zero-order valence-electron chi connectivity index (χ0n) is 11.2. The van der Waals surface area contributed by atoms with Crippen molar-refractivity contribution >= 4 is 5.97 Å². The van der Waals surface area contributed by atoms with Crippen molar-refractivity contribution in [2.75, 3.05) is 6.61 Å². The van der Waals surface area contributed by atoms with E-state index in [1.54, 1.807) is 6.42 Å². The summed E-state index contributed by atoms with van der Waals surface area (Å²) < 4.78 is 5.29. The monoisotopic (exact) mass is 239 g/mol. The van der Waals surface area contributed by atoms with E-state index in [0.29, 0.717) is 12.5 Å². The van der Waals surface area contributed by atoms with Crippen molar-refractivity contribution in [3.05, 3.63) is 6.42 Å². The summed E-state index contributed by atoms with van der Waals surface area (Å²) in [6, 6.07) is 0. The summed E-state index contributed by atoms with van der Waals surface area (Å²) in [6.07, 6.45) is 13.9. The molecule has 0 unspecified atom stereocenters. The molecule has 0 saturated heterocycles. The Labute approximate surface area is 106 Å². The highest BCUT2D eigenvalue weighted by molar-refractivity contribution is 5.78. The average Bonchev–Trinajstić information content (AvgIpc) is 2.37. The largest absolute Gasteiger partial charge is 0.465 e. The lowest BCUT2D eigenvalue weighted by molar-refractivity contribution is -0.141. The van der Waals surface area contributed by atoms with Crippen LogP contribution >= 0.6 is 0 Å². The van der Waals surface area contributed by atoms with Gasteiger partial charge in [0.25, 0.3) is 0 Å². The highest BCUT2D eigenvalue weighted by atomic mass is 16.5. The van der Waals surface area contributed by atoms with Gasteiger partial charge in [-0.15, -0.1) is 0 Å². The van der Waals surface area contributed by atoms with Crippen molar-refractivity contribution < 1.29 is 9.53 Å². The van der Waals surface area contributed by atoms with Gasteiger partial charge in [0.1, 0.15) is 0 Å². The second-order valence-electron chi connectivity index (χ2n) is 5.19. The molecular weight excluding hydrogens is 212 g/mol. The average molecular weight is 239 g/mol. The van der Waals surface area contributed by atoms with E-state index in [4.69, 9.17) is 4.74 Å². The minimum absolute atomic E-state index is 0.105. The highest BCUT2D eigenvalue weighted by Crippen LogP contribution is 2.23. The molecule has 0 heterocycles. The van der Waals surface area contributed by atoms with E-state index in [2.05, 4.69) is 6.92 Å². The Hall–Kier alpha value is -0.530. The van der Waals surface area contributed by atoms with Crippen molar-refractivity contribution in [2.45, 2.75) is 71.1 Å². The topological polar surface area (TPSA) is 26.3 Å². The van der Waals surface area contributed by atoms with Crippen LogP contribution in [0.5, 0.6) is 0 Å². The third-order valence-corrected chi connectivity index (χ3v) is 3.55. The summed E-state index contributed by atoms with van der Waals surface area (Å²) >= 11 is 0. The molecule has 99 valence electrons. The molecule has 0 spiro atoms. The lowest BCUT2D eigenvalue weighted by Crippen LogP contribution is -2.16. The van der Waals surface area contributed by atoms with Gasteiger partial charge in [-0.2, -0.15) is 0 Å². The van der Waals surface area contributed by atoms with Crippen molar-refractivity contribution in [3.63, 3.8) is 0 Å². The van der Waals surface area contributed by atoms with Gasteiger partial charge in [0.15, 0.2) is 0 Å². The Morgan fingerprint density at radius 2 is 1.94 bits per heavy atom. The maximum atomic E-state index is 11.4. The van der Waals surface area contributed by atoms with E-state index in [9.17, 15) is 4.79 Å². The van der Waals surface area contributed by atoms with Crippen molar-refractivity contribution in [3.8, 4) is 0 Å². The number of rotatable bonds is 8. The smallest absolute Gasteiger partial charge is 0.309 e. The molecule has 0 aromatic carbocycles. The van der Waals surface area contributed by atoms with Crippen molar-refractivity contribution in [1.82, 2.24) is 0 Å². The normalized spacial score (nSPS) is 17.0. The minimum Gasteiger partial charge on any atom is -0.465 e. The molecule has 0 aromatic rings. The van der Waals surface area contributed by atoms with Crippen LogP contribution in [0, 0.1) is 12.3 Å². The zero-order chi connectivity index (χ0) is 12.3. The molecule has 0 amide bonds. The quantitative estimate of drug-likeness (QED) is 0.466. The van der Waals surface area contributed by atoms with Crippen LogP contribution in [0.15, 0.2) is 0 Å². The Morgan fingerprint density at radius 3 is 2.65 bits per heavy atom. The van der Waals surface area contributed by atoms with Crippen LogP contribution in [0.1, 0.15) is 71.1 Å². The lowest BCUT2D eigenvalue weighted by Gasteiger charge is -2.20. The summed E-state index contributed by atoms with van der Waals surface area (Å²) in [4.78, 5) is 11.4. The number of esters is 1. The standard InChI is InChI=1S/C15H27O2/c1-2-3-4-5-9-12-15(16)17-13-14-10-7-6-8-11-14/h12,14H,2-11,13H2,1H3. The molecule has 0 aromatic heterocycles. The van der Waals surface area contributed by atoms with E-state index < -0.39 is 0 Å². The van der Waals surface area contributed by atoms with Crippen LogP contribution in [0.4, 0.5) is 0 Å². The van der Waals surface area contributed by atoms with Gasteiger partial charge in [-0.3, -0.25) is 4.79 Å². The number of ether oxygens (including phenoxy) is 1. The Balaban J connectivity index is 1.93. The van der Waals surface area contributed by atoms with Crippen LogP contribution in [0.3, 0.4) is 0 Å². The maximum Gasteiger partial charge on any atom is 0.309 e. The molecule has 1 rings (SSSR count). The number of carbonyl (C=O) groups is 1. The lowest BCUT2D eigenvalue weighted by atomic mass is 9.90. The highest BCUT2D eigenvalue weighted by Gasteiger charge is 2.15. The predicted octanol–water partition coefficient (Wildman–Crippen LogP) is 4.28. The Kier molecular flexibility index (Phi) is 8.12. The molecule has 0 aliphatic heterocycles. The van der Waals surface area contributed by atoms with Crippen molar-refractivity contribution in [1.29, 1.82) is 0 Å². The Morgan fingerprint density at radius 1 is 1.18 bits per heavy atom. The third-order valence-electron chi connectivity index (χ3n) is 3.55. The summed E-state index contributed by atoms with van der Waals surface area (Å²) in [7, 11) is 0. The van der Waals surface area contributed by atoms with Crippen molar-refractivity contribution in [2.24, 2.45) is 5.92 Å². The van der Waals surface area contributed by atoms with Gasteiger partial charge in [-0.25, -0.2) is 0 Å². The van der Waals surface area contributed by atoms with Crippen LogP contribution in [-0.4, -0.2) is 12.6 Å². The first-order valence-corrected chi connectivity index (χ1v) is 7.33. The van der Waals surface area contributed by atoms with Crippen LogP contribution in [0.25, 0.3) is 0 Å². The summed E-state index contributed by atoms with van der Waals surface area (Å²) in [5.41, 5.74) is 0. The number of hydrogen-bond donors (Lipinski definition) is 0. The third kappa shape index (κ3) is 7.40. The first kappa shape index (κ1) is 14.5. The molecule has 0 atom stereocenters. The first-order valence-electron chi connectivity index (χ1n) is 7.33. The fourth-order valence-corrected chi connectivity index (χ4v) is 2.40. The first-order chi connectivity index (χ1) is 8.33. The summed E-state index contributed by atoms with van der Waals surface area (Å²) in [5.74, 6) is 0.522. The number of carbonyl (C=O) groups excluding carboxylic acids is 1. The van der Waals surface area contributed by atoms with E-state index in [-0.39, 0.29) is 5.97 Å². The zero-order valence-corrected chi connectivity index (χ0v) is 11.2. The second-order valence-corrected chi connectivity index (χ2v) is 5.19. The van der Waals surface area contributed by atoms with Crippen LogP contribution in [0.2, 0.25) is 0 Å². The minimum atomic E-state index is -0.105. The molecule has 1 radical (unpaired) electrons. The predicted molar refractivity (Wildman–Crippen MR) is 70.6 cm³/mol. The molecule has 1 fully saturated rings. The van der Waals surface area contributed by atoms with Gasteiger partial charge < -0.3 is 4.74 Å². The molecule has 2 nitrogen and oxygen atoms in total. The van der Waals surface area contributed by atoms with Gasteiger partial charge in [-0.1, -0.05) is 51.9 Å².